The first-order chi connectivity index (χ1) is 8.03. The highest BCUT2D eigenvalue weighted by Gasteiger charge is 2.12. The standard InChI is InChI=1S/C9H13N3O4S/c1-16-9(13)3-2-6-17(14,15)12-8-7-10-4-5-11-8/h4-5,7H,2-3,6H2,1H3,(H,11,12). The van der Waals surface area contributed by atoms with Gasteiger partial charge in [-0.15, -0.1) is 0 Å². The van der Waals surface area contributed by atoms with Gasteiger partial charge in [-0.25, -0.2) is 13.4 Å². The molecule has 8 heteroatoms. The Hall–Kier alpha value is -1.70. The van der Waals surface area contributed by atoms with Crippen LogP contribution in [-0.4, -0.2) is 37.2 Å². The molecule has 1 aromatic rings. The highest BCUT2D eigenvalue weighted by atomic mass is 32.2. The number of sulfonamides is 1. The molecule has 0 bridgehead atoms. The van der Waals surface area contributed by atoms with Gasteiger partial charge in [0, 0.05) is 18.8 Å². The second kappa shape index (κ2) is 6.14. The SMILES string of the molecule is COC(=O)CCCS(=O)(=O)Nc1cnccn1. The summed E-state index contributed by atoms with van der Waals surface area (Å²) in [5, 5.41) is 0. The molecule has 1 N–H and O–H groups in total. The van der Waals surface area contributed by atoms with Gasteiger partial charge < -0.3 is 4.74 Å². The zero-order chi connectivity index (χ0) is 12.7. The molecule has 94 valence electrons. The zero-order valence-electron chi connectivity index (χ0n) is 9.29. The number of esters is 1. The van der Waals surface area contributed by atoms with Gasteiger partial charge in [-0.05, 0) is 6.42 Å². The van der Waals surface area contributed by atoms with Crippen molar-refractivity contribution in [2.24, 2.45) is 0 Å². The first-order valence-corrected chi connectivity index (χ1v) is 6.52. The van der Waals surface area contributed by atoms with Gasteiger partial charge in [0.2, 0.25) is 10.0 Å². The van der Waals surface area contributed by atoms with E-state index in [1.165, 1.54) is 25.7 Å². The molecule has 1 heterocycles. The molecule has 7 nitrogen and oxygen atoms in total. The van der Waals surface area contributed by atoms with Crippen LogP contribution in [0.5, 0.6) is 0 Å². The lowest BCUT2D eigenvalue weighted by Crippen LogP contribution is -2.18. The third-order valence-electron chi connectivity index (χ3n) is 1.84. The van der Waals surface area contributed by atoms with E-state index in [2.05, 4.69) is 19.4 Å². The monoisotopic (exact) mass is 259 g/mol. The van der Waals surface area contributed by atoms with Crippen molar-refractivity contribution >= 4 is 21.8 Å². The summed E-state index contributed by atoms with van der Waals surface area (Å²) < 4.78 is 29.7. The first-order valence-electron chi connectivity index (χ1n) is 4.87. The van der Waals surface area contributed by atoms with E-state index >= 15 is 0 Å². The smallest absolute Gasteiger partial charge is 0.305 e. The number of ether oxygens (including phenoxy) is 1. The number of methoxy groups -OCH3 is 1. The summed E-state index contributed by atoms with van der Waals surface area (Å²) in [7, 11) is -2.24. The van der Waals surface area contributed by atoms with Crippen molar-refractivity contribution < 1.29 is 17.9 Å². The summed E-state index contributed by atoms with van der Waals surface area (Å²) in [4.78, 5) is 18.3. The Morgan fingerprint density at radius 3 is 2.82 bits per heavy atom. The molecule has 1 aromatic heterocycles. The highest BCUT2D eigenvalue weighted by molar-refractivity contribution is 7.92. The van der Waals surface area contributed by atoms with E-state index in [1.807, 2.05) is 0 Å². The molecule has 0 aliphatic carbocycles. The number of nitrogens with one attached hydrogen (secondary N) is 1. The van der Waals surface area contributed by atoms with Crippen LogP contribution in [0.2, 0.25) is 0 Å². The summed E-state index contributed by atoms with van der Waals surface area (Å²) in [6.45, 7) is 0. The van der Waals surface area contributed by atoms with Crippen molar-refractivity contribution in [3.05, 3.63) is 18.6 Å². The number of nitrogens with zero attached hydrogens (tertiary/aromatic N) is 2. The van der Waals surface area contributed by atoms with E-state index in [0.29, 0.717) is 0 Å². The number of carbonyl (C=O) groups excluding carboxylic acids is 1. The van der Waals surface area contributed by atoms with Gasteiger partial charge in [-0.3, -0.25) is 14.5 Å². The molecule has 0 saturated carbocycles. The van der Waals surface area contributed by atoms with Gasteiger partial charge in [-0.1, -0.05) is 0 Å². The van der Waals surface area contributed by atoms with Gasteiger partial charge >= 0.3 is 5.97 Å². The maximum absolute atomic E-state index is 11.5. The molecular weight excluding hydrogens is 246 g/mol. The largest absolute Gasteiger partial charge is 0.469 e. The number of hydrogen-bond donors (Lipinski definition) is 1. The third kappa shape index (κ3) is 5.25. The van der Waals surface area contributed by atoms with E-state index in [0.717, 1.165) is 0 Å². The Morgan fingerprint density at radius 2 is 2.24 bits per heavy atom. The zero-order valence-corrected chi connectivity index (χ0v) is 10.1. The molecule has 1 rings (SSSR count). The third-order valence-corrected chi connectivity index (χ3v) is 3.19. The topological polar surface area (TPSA) is 98.2 Å². The minimum absolute atomic E-state index is 0.0673. The predicted octanol–water partition coefficient (Wildman–Crippen LogP) is 0.171. The Bertz CT molecular complexity index is 460. The molecule has 0 amide bonds. The minimum atomic E-state index is -3.50. The summed E-state index contributed by atoms with van der Waals surface area (Å²) in [5.74, 6) is -0.441. The van der Waals surface area contributed by atoms with Crippen molar-refractivity contribution in [1.29, 1.82) is 0 Å². The maximum atomic E-state index is 11.5. The number of hydrogen-bond acceptors (Lipinski definition) is 6. The van der Waals surface area contributed by atoms with Crippen molar-refractivity contribution in [2.75, 3.05) is 17.6 Å². The average molecular weight is 259 g/mol. The second-order valence-corrected chi connectivity index (χ2v) is 5.03. The van der Waals surface area contributed by atoms with Gasteiger partial charge in [0.05, 0.1) is 19.1 Å². The van der Waals surface area contributed by atoms with Crippen LogP contribution in [0.3, 0.4) is 0 Å². The molecule has 0 unspecified atom stereocenters. The Balaban J connectivity index is 2.44. The van der Waals surface area contributed by atoms with Crippen LogP contribution in [-0.2, 0) is 19.6 Å². The number of aromatic nitrogens is 2. The van der Waals surface area contributed by atoms with E-state index in [4.69, 9.17) is 0 Å². The van der Waals surface area contributed by atoms with Crippen LogP contribution >= 0.6 is 0 Å². The Labute approximate surface area is 99.3 Å². The van der Waals surface area contributed by atoms with Crippen molar-refractivity contribution in [3.8, 4) is 0 Å². The second-order valence-electron chi connectivity index (χ2n) is 3.19. The maximum Gasteiger partial charge on any atom is 0.305 e. The molecule has 0 radical (unpaired) electrons. The van der Waals surface area contributed by atoms with E-state index < -0.39 is 16.0 Å². The fourth-order valence-corrected chi connectivity index (χ4v) is 2.12. The van der Waals surface area contributed by atoms with Crippen LogP contribution < -0.4 is 4.72 Å². The average Bonchev–Trinajstić information content (AvgIpc) is 2.29. The van der Waals surface area contributed by atoms with Crippen LogP contribution in [0.1, 0.15) is 12.8 Å². The lowest BCUT2D eigenvalue weighted by atomic mass is 10.3. The molecule has 0 aromatic carbocycles. The van der Waals surface area contributed by atoms with Crippen molar-refractivity contribution in [3.63, 3.8) is 0 Å². The number of carbonyl (C=O) groups is 1. The molecule has 0 spiro atoms. The van der Waals surface area contributed by atoms with Crippen LogP contribution in [0.15, 0.2) is 18.6 Å². The summed E-state index contributed by atoms with van der Waals surface area (Å²) in [6, 6.07) is 0. The molecule has 17 heavy (non-hydrogen) atoms. The number of anilines is 1. The van der Waals surface area contributed by atoms with Crippen LogP contribution in [0.4, 0.5) is 5.82 Å². The summed E-state index contributed by atoms with van der Waals surface area (Å²) in [5.41, 5.74) is 0. The molecule has 0 aliphatic heterocycles. The molecule has 0 atom stereocenters. The summed E-state index contributed by atoms with van der Waals surface area (Å²) >= 11 is 0. The predicted molar refractivity (Wildman–Crippen MR) is 60.7 cm³/mol. The van der Waals surface area contributed by atoms with E-state index in [-0.39, 0.29) is 24.4 Å². The fourth-order valence-electron chi connectivity index (χ4n) is 1.07. The molecule has 0 saturated heterocycles. The molecular formula is C9H13N3O4S. The van der Waals surface area contributed by atoms with Crippen LogP contribution in [0.25, 0.3) is 0 Å². The highest BCUT2D eigenvalue weighted by Crippen LogP contribution is 2.04. The van der Waals surface area contributed by atoms with E-state index in [9.17, 15) is 13.2 Å². The lowest BCUT2D eigenvalue weighted by Gasteiger charge is -2.05. The molecule has 0 aliphatic rings. The number of rotatable bonds is 6. The van der Waals surface area contributed by atoms with Gasteiger partial charge in [0.15, 0.2) is 5.82 Å². The quantitative estimate of drug-likeness (QED) is 0.731. The van der Waals surface area contributed by atoms with Gasteiger partial charge in [-0.2, -0.15) is 0 Å². The first kappa shape index (κ1) is 13.4. The normalized spacial score (nSPS) is 10.9. The fraction of sp³-hybridized carbons (Fsp3) is 0.444. The Morgan fingerprint density at radius 1 is 1.47 bits per heavy atom. The van der Waals surface area contributed by atoms with Crippen LogP contribution in [0, 0.1) is 0 Å². The van der Waals surface area contributed by atoms with Crippen molar-refractivity contribution in [2.45, 2.75) is 12.8 Å². The van der Waals surface area contributed by atoms with Gasteiger partial charge in [0.1, 0.15) is 0 Å². The summed E-state index contributed by atoms with van der Waals surface area (Å²) in [6.07, 6.45) is 4.39. The van der Waals surface area contributed by atoms with E-state index in [1.54, 1.807) is 0 Å². The van der Waals surface area contributed by atoms with Crippen molar-refractivity contribution in [1.82, 2.24) is 9.97 Å². The Kier molecular flexibility index (Phi) is 4.83. The molecule has 0 fully saturated rings. The lowest BCUT2D eigenvalue weighted by molar-refractivity contribution is -0.140. The van der Waals surface area contributed by atoms with Gasteiger partial charge in [0.25, 0.3) is 0 Å². The minimum Gasteiger partial charge on any atom is -0.469 e.